The minimum Gasteiger partial charge on any atom is -0.533 e. The zero-order valence-electron chi connectivity index (χ0n) is 4.33. The van der Waals surface area contributed by atoms with Crippen LogP contribution in [0.5, 0.6) is 0 Å². The van der Waals surface area contributed by atoms with E-state index in [1.165, 1.54) is 0 Å². The lowest BCUT2D eigenvalue weighted by atomic mass is 10.1. The number of carbonyl (C=O) groups excluding carboxylic acids is 1. The molecule has 0 aromatic heterocycles. The summed E-state index contributed by atoms with van der Waals surface area (Å²) in [7, 11) is 0.990. The van der Waals surface area contributed by atoms with E-state index >= 15 is 0 Å². The van der Waals surface area contributed by atoms with Crippen molar-refractivity contribution in [3.05, 3.63) is 12.7 Å². The number of aliphatic hydroxyl groups excluding tert-OH is 1. The molecule has 1 N–H and O–H groups in total. The minimum atomic E-state index is -0.556. The van der Waals surface area contributed by atoms with Crippen molar-refractivity contribution in [2.45, 2.75) is 0 Å². The molecule has 0 aromatic carbocycles. The van der Waals surface area contributed by atoms with Gasteiger partial charge in [0.2, 0.25) is 0 Å². The maximum Gasteiger partial charge on any atom is 0.401 e. The van der Waals surface area contributed by atoms with Crippen LogP contribution >= 0.6 is 0 Å². The Kier molecular flexibility index (Phi) is 3.97. The Labute approximate surface area is 48.2 Å². The SMILES string of the molecule is C=CC(=O)O[B]CO. The zero-order valence-corrected chi connectivity index (χ0v) is 4.33. The highest BCUT2D eigenvalue weighted by Gasteiger charge is 1.93. The van der Waals surface area contributed by atoms with Crippen LogP contribution in [0.3, 0.4) is 0 Å². The van der Waals surface area contributed by atoms with Gasteiger partial charge in [0.05, 0.1) is 6.51 Å². The maximum absolute atomic E-state index is 10.1. The van der Waals surface area contributed by atoms with Crippen LogP contribution in [-0.2, 0) is 9.45 Å². The third-order valence-corrected chi connectivity index (χ3v) is 0.441. The van der Waals surface area contributed by atoms with Gasteiger partial charge in [0, 0.05) is 6.08 Å². The quantitative estimate of drug-likeness (QED) is 0.388. The molecule has 0 rings (SSSR count). The van der Waals surface area contributed by atoms with Crippen molar-refractivity contribution in [3.63, 3.8) is 0 Å². The first-order valence-corrected chi connectivity index (χ1v) is 2.07. The molecule has 0 atom stereocenters. The van der Waals surface area contributed by atoms with Gasteiger partial charge in [0.15, 0.2) is 0 Å². The van der Waals surface area contributed by atoms with Gasteiger partial charge in [-0.15, -0.1) is 0 Å². The van der Waals surface area contributed by atoms with Crippen molar-refractivity contribution >= 4 is 13.5 Å². The van der Waals surface area contributed by atoms with Crippen molar-refractivity contribution < 1.29 is 14.6 Å². The van der Waals surface area contributed by atoms with Crippen LogP contribution in [0.25, 0.3) is 0 Å². The van der Waals surface area contributed by atoms with E-state index in [0.29, 0.717) is 0 Å². The Morgan fingerprint density at radius 3 is 3.00 bits per heavy atom. The molecular weight excluding hydrogens is 107 g/mol. The lowest BCUT2D eigenvalue weighted by molar-refractivity contribution is -0.129. The molecule has 0 bridgehead atoms. The second-order valence-electron chi connectivity index (χ2n) is 0.990. The van der Waals surface area contributed by atoms with Gasteiger partial charge in [-0.3, -0.25) is 0 Å². The fourth-order valence-corrected chi connectivity index (χ4v) is 0.168. The van der Waals surface area contributed by atoms with E-state index < -0.39 is 5.97 Å². The van der Waals surface area contributed by atoms with E-state index in [1.54, 1.807) is 0 Å². The highest BCUT2D eigenvalue weighted by atomic mass is 16.5. The first-order valence-electron chi connectivity index (χ1n) is 2.07. The Morgan fingerprint density at radius 2 is 2.62 bits per heavy atom. The molecule has 0 saturated heterocycles. The van der Waals surface area contributed by atoms with Crippen LogP contribution in [0.1, 0.15) is 0 Å². The van der Waals surface area contributed by atoms with Crippen LogP contribution in [-0.4, -0.2) is 25.1 Å². The predicted molar refractivity (Wildman–Crippen MR) is 29.1 cm³/mol. The van der Waals surface area contributed by atoms with Gasteiger partial charge < -0.3 is 9.76 Å². The van der Waals surface area contributed by atoms with Gasteiger partial charge in [-0.1, -0.05) is 6.58 Å². The van der Waals surface area contributed by atoms with Crippen LogP contribution in [0, 0.1) is 0 Å². The van der Waals surface area contributed by atoms with Gasteiger partial charge >= 0.3 is 13.5 Å². The highest BCUT2D eigenvalue weighted by molar-refractivity contribution is 6.30. The molecule has 43 valence electrons. The fourth-order valence-electron chi connectivity index (χ4n) is 0.168. The summed E-state index contributed by atoms with van der Waals surface area (Å²) < 4.78 is 4.21. The van der Waals surface area contributed by atoms with Gasteiger partial charge in [-0.2, -0.15) is 0 Å². The standard InChI is InChI=1S/C4H6BO3/c1-2-4(7)8-5-3-6/h2,6H,1,3H2. The molecule has 0 spiro atoms. The Bertz CT molecular complexity index is 91.3. The van der Waals surface area contributed by atoms with E-state index in [-0.39, 0.29) is 6.51 Å². The second kappa shape index (κ2) is 4.40. The van der Waals surface area contributed by atoms with E-state index in [1.807, 2.05) is 0 Å². The Hall–Kier alpha value is -0.765. The van der Waals surface area contributed by atoms with Crippen LogP contribution < -0.4 is 0 Å². The third kappa shape index (κ3) is 3.43. The summed E-state index contributed by atoms with van der Waals surface area (Å²) >= 11 is 0. The smallest absolute Gasteiger partial charge is 0.401 e. The lowest BCUT2D eigenvalue weighted by Gasteiger charge is -1.92. The molecule has 0 fully saturated rings. The van der Waals surface area contributed by atoms with Crippen molar-refractivity contribution in [3.8, 4) is 0 Å². The van der Waals surface area contributed by atoms with E-state index in [2.05, 4.69) is 11.2 Å². The first kappa shape index (κ1) is 7.23. The normalized spacial score (nSPS) is 7.62. The summed E-state index contributed by atoms with van der Waals surface area (Å²) in [6.45, 7) is 2.87. The largest absolute Gasteiger partial charge is 0.533 e. The molecule has 3 nitrogen and oxygen atoms in total. The lowest BCUT2D eigenvalue weighted by Crippen LogP contribution is -2.08. The molecular formula is C4H6BO3. The highest BCUT2D eigenvalue weighted by Crippen LogP contribution is 1.72. The monoisotopic (exact) mass is 113 g/mol. The van der Waals surface area contributed by atoms with Gasteiger partial charge in [0.1, 0.15) is 0 Å². The van der Waals surface area contributed by atoms with Gasteiger partial charge in [-0.25, -0.2) is 4.79 Å². The van der Waals surface area contributed by atoms with Crippen molar-refractivity contribution in [2.75, 3.05) is 6.51 Å². The molecule has 1 radical (unpaired) electrons. The maximum atomic E-state index is 10.1. The average Bonchev–Trinajstić information content (AvgIpc) is 1.83. The molecule has 0 aromatic rings. The molecule has 8 heavy (non-hydrogen) atoms. The number of hydrogen-bond donors (Lipinski definition) is 1. The summed E-state index contributed by atoms with van der Waals surface area (Å²) in [5, 5.41) is 8.04. The Balaban J connectivity index is 3.11. The number of carbonyl (C=O) groups is 1. The minimum absolute atomic E-state index is 0.264. The summed E-state index contributed by atoms with van der Waals surface area (Å²) in [6.07, 6.45) is 1.02. The van der Waals surface area contributed by atoms with E-state index in [4.69, 9.17) is 5.11 Å². The van der Waals surface area contributed by atoms with Crippen molar-refractivity contribution in [1.82, 2.24) is 0 Å². The van der Waals surface area contributed by atoms with Crippen LogP contribution in [0.4, 0.5) is 0 Å². The molecule has 4 heteroatoms. The average molecular weight is 113 g/mol. The summed E-state index contributed by atoms with van der Waals surface area (Å²) in [5.74, 6) is -0.556. The molecule has 0 aliphatic heterocycles. The summed E-state index contributed by atoms with van der Waals surface area (Å²) in [4.78, 5) is 10.1. The van der Waals surface area contributed by atoms with Crippen LogP contribution in [0.2, 0.25) is 0 Å². The molecule has 0 aliphatic carbocycles. The zero-order chi connectivity index (χ0) is 6.41. The second-order valence-corrected chi connectivity index (χ2v) is 0.990. The van der Waals surface area contributed by atoms with Crippen LogP contribution in [0.15, 0.2) is 12.7 Å². The molecule has 0 aliphatic rings. The summed E-state index contributed by atoms with van der Waals surface area (Å²) in [5.41, 5.74) is 0. The predicted octanol–water partition coefficient (Wildman–Crippen LogP) is -0.715. The molecule has 0 saturated carbocycles. The molecule has 0 heterocycles. The third-order valence-electron chi connectivity index (χ3n) is 0.441. The van der Waals surface area contributed by atoms with Gasteiger partial charge in [-0.05, 0) is 0 Å². The van der Waals surface area contributed by atoms with E-state index in [9.17, 15) is 4.79 Å². The number of aliphatic hydroxyl groups is 1. The number of hydrogen-bond acceptors (Lipinski definition) is 3. The topological polar surface area (TPSA) is 46.5 Å². The molecule has 0 amide bonds. The van der Waals surface area contributed by atoms with Crippen molar-refractivity contribution in [1.29, 1.82) is 0 Å². The van der Waals surface area contributed by atoms with E-state index in [0.717, 1.165) is 13.6 Å². The first-order chi connectivity index (χ1) is 3.81. The summed E-state index contributed by atoms with van der Waals surface area (Å²) in [6, 6.07) is 0. The molecule has 0 unspecified atom stereocenters. The number of rotatable bonds is 3. The Morgan fingerprint density at radius 1 is 2.00 bits per heavy atom. The van der Waals surface area contributed by atoms with Gasteiger partial charge in [0.25, 0.3) is 0 Å². The van der Waals surface area contributed by atoms with Crippen molar-refractivity contribution in [2.24, 2.45) is 0 Å². The fraction of sp³-hybridized carbons (Fsp3) is 0.250.